The number of anilines is 1. The Morgan fingerprint density at radius 2 is 1.28 bits per heavy atom. The largest absolute Gasteiger partial charge is 0.481 e. The van der Waals surface area contributed by atoms with E-state index in [2.05, 4.69) is 16.0 Å². The average Bonchev–Trinajstić information content (AvgIpc) is 2.82. The number of hydrogen-bond acceptors (Lipinski definition) is 4. The van der Waals surface area contributed by atoms with Crippen LogP contribution in [0, 0.1) is 5.82 Å². The first kappa shape index (κ1) is 22.5. The molecule has 0 aliphatic heterocycles. The minimum Gasteiger partial charge on any atom is -0.481 e. The minimum atomic E-state index is -0.546. The van der Waals surface area contributed by atoms with Gasteiger partial charge < -0.3 is 20.7 Å². The van der Waals surface area contributed by atoms with Gasteiger partial charge in [-0.15, -0.1) is 0 Å². The van der Waals surface area contributed by atoms with E-state index >= 15 is 0 Å². The third-order valence-electron chi connectivity index (χ3n) is 4.36. The molecule has 8 heteroatoms. The van der Waals surface area contributed by atoms with Gasteiger partial charge in [-0.25, -0.2) is 4.39 Å². The highest BCUT2D eigenvalue weighted by Crippen LogP contribution is 2.15. The Morgan fingerprint density at radius 3 is 1.91 bits per heavy atom. The van der Waals surface area contributed by atoms with Crippen LogP contribution in [0.15, 0.2) is 78.9 Å². The fourth-order valence-electron chi connectivity index (χ4n) is 2.75. The van der Waals surface area contributed by atoms with Gasteiger partial charge in [0.1, 0.15) is 0 Å². The summed E-state index contributed by atoms with van der Waals surface area (Å²) in [6.07, 6.45) is 0. The second kappa shape index (κ2) is 11.3. The Labute approximate surface area is 184 Å². The topological polar surface area (TPSA) is 96.5 Å². The molecule has 0 aromatic heterocycles. The Morgan fingerprint density at radius 1 is 0.719 bits per heavy atom. The van der Waals surface area contributed by atoms with Crippen molar-refractivity contribution in [1.29, 1.82) is 0 Å². The van der Waals surface area contributed by atoms with Crippen LogP contribution in [0.5, 0.6) is 5.75 Å². The molecular formula is C24H22FN3O4. The highest BCUT2D eigenvalue weighted by atomic mass is 19.1. The van der Waals surface area contributed by atoms with Crippen LogP contribution in [0.25, 0.3) is 0 Å². The summed E-state index contributed by atoms with van der Waals surface area (Å²) >= 11 is 0. The van der Waals surface area contributed by atoms with E-state index < -0.39 is 11.7 Å². The second-order valence-corrected chi connectivity index (χ2v) is 6.72. The summed E-state index contributed by atoms with van der Waals surface area (Å²) in [5, 5.41) is 8.05. The van der Waals surface area contributed by atoms with E-state index in [0.29, 0.717) is 16.8 Å². The molecule has 32 heavy (non-hydrogen) atoms. The molecule has 0 radical (unpaired) electrons. The maximum absolute atomic E-state index is 13.5. The highest BCUT2D eigenvalue weighted by Gasteiger charge is 2.09. The monoisotopic (exact) mass is 435 g/mol. The number of ether oxygens (including phenoxy) is 1. The third kappa shape index (κ3) is 6.66. The summed E-state index contributed by atoms with van der Waals surface area (Å²) in [7, 11) is 0. The van der Waals surface area contributed by atoms with Gasteiger partial charge in [-0.2, -0.15) is 0 Å². The average molecular weight is 435 g/mol. The summed E-state index contributed by atoms with van der Waals surface area (Å²) in [4.78, 5) is 36.1. The molecule has 0 aliphatic rings. The highest BCUT2D eigenvalue weighted by molar-refractivity contribution is 5.96. The summed E-state index contributed by atoms with van der Waals surface area (Å²) in [5.41, 5.74) is 1.43. The molecule has 0 fully saturated rings. The Balaban J connectivity index is 1.39. The van der Waals surface area contributed by atoms with Crippen LogP contribution in [-0.4, -0.2) is 37.4 Å². The molecule has 3 aromatic rings. The lowest BCUT2D eigenvalue weighted by atomic mass is 10.2. The van der Waals surface area contributed by atoms with Crippen LogP contribution in [0.3, 0.4) is 0 Å². The van der Waals surface area contributed by atoms with E-state index in [1.807, 2.05) is 6.07 Å². The summed E-state index contributed by atoms with van der Waals surface area (Å²) in [5.74, 6) is -1.52. The molecule has 0 heterocycles. The molecule has 164 valence electrons. The van der Waals surface area contributed by atoms with Crippen molar-refractivity contribution < 1.29 is 23.5 Å². The number of halogens is 1. The third-order valence-corrected chi connectivity index (χ3v) is 4.36. The molecule has 0 spiro atoms. The Kier molecular flexibility index (Phi) is 7.91. The van der Waals surface area contributed by atoms with Crippen molar-refractivity contribution in [2.75, 3.05) is 25.0 Å². The zero-order valence-electron chi connectivity index (χ0n) is 17.1. The molecule has 3 amide bonds. The predicted molar refractivity (Wildman–Crippen MR) is 118 cm³/mol. The number of nitrogens with one attached hydrogen (secondary N) is 3. The van der Waals surface area contributed by atoms with E-state index in [4.69, 9.17) is 4.74 Å². The maximum Gasteiger partial charge on any atom is 0.262 e. The van der Waals surface area contributed by atoms with Crippen LogP contribution in [-0.2, 0) is 4.79 Å². The molecule has 0 saturated heterocycles. The van der Waals surface area contributed by atoms with E-state index in [1.54, 1.807) is 54.6 Å². The summed E-state index contributed by atoms with van der Waals surface area (Å²) < 4.78 is 18.7. The van der Waals surface area contributed by atoms with Crippen molar-refractivity contribution in [1.82, 2.24) is 10.6 Å². The van der Waals surface area contributed by atoms with Gasteiger partial charge in [-0.1, -0.05) is 30.3 Å². The number of carbonyl (C=O) groups excluding carboxylic acids is 3. The van der Waals surface area contributed by atoms with Crippen LogP contribution in [0.1, 0.15) is 20.7 Å². The fraction of sp³-hybridized carbons (Fsp3) is 0.125. The van der Waals surface area contributed by atoms with Gasteiger partial charge in [-0.3, -0.25) is 14.4 Å². The molecule has 3 rings (SSSR count). The number of benzene rings is 3. The van der Waals surface area contributed by atoms with Gasteiger partial charge in [0.05, 0.1) is 0 Å². The summed E-state index contributed by atoms with van der Waals surface area (Å²) in [6.45, 7) is 0.205. The maximum atomic E-state index is 13.5. The van der Waals surface area contributed by atoms with Gasteiger partial charge in [0, 0.05) is 29.9 Å². The van der Waals surface area contributed by atoms with E-state index in [0.717, 1.165) is 0 Å². The van der Waals surface area contributed by atoms with Gasteiger partial charge in [0.15, 0.2) is 18.2 Å². The van der Waals surface area contributed by atoms with Gasteiger partial charge in [0.2, 0.25) is 0 Å². The molecule has 3 N–H and O–H groups in total. The number of hydrogen-bond donors (Lipinski definition) is 3. The van der Waals surface area contributed by atoms with Crippen LogP contribution >= 0.6 is 0 Å². The number of para-hydroxylation sites is 1. The Hall–Kier alpha value is -4.20. The zero-order chi connectivity index (χ0) is 22.8. The molecule has 0 atom stereocenters. The second-order valence-electron chi connectivity index (χ2n) is 6.72. The molecule has 0 aliphatic carbocycles. The van der Waals surface area contributed by atoms with E-state index in [1.165, 1.54) is 18.2 Å². The van der Waals surface area contributed by atoms with Crippen molar-refractivity contribution in [3.8, 4) is 5.75 Å². The normalized spacial score (nSPS) is 10.2. The van der Waals surface area contributed by atoms with Gasteiger partial charge in [0.25, 0.3) is 17.7 Å². The first-order valence-electron chi connectivity index (χ1n) is 9.91. The van der Waals surface area contributed by atoms with Crippen molar-refractivity contribution in [3.05, 3.63) is 95.8 Å². The van der Waals surface area contributed by atoms with Crippen molar-refractivity contribution in [2.45, 2.75) is 0 Å². The molecule has 3 aromatic carbocycles. The lowest BCUT2D eigenvalue weighted by Crippen LogP contribution is -2.34. The lowest BCUT2D eigenvalue weighted by molar-refractivity contribution is -0.118. The minimum absolute atomic E-state index is 0.00497. The van der Waals surface area contributed by atoms with Gasteiger partial charge >= 0.3 is 0 Å². The van der Waals surface area contributed by atoms with Crippen LogP contribution in [0.2, 0.25) is 0 Å². The first-order chi connectivity index (χ1) is 15.5. The van der Waals surface area contributed by atoms with E-state index in [-0.39, 0.29) is 37.3 Å². The first-order valence-corrected chi connectivity index (χ1v) is 9.91. The van der Waals surface area contributed by atoms with Crippen molar-refractivity contribution in [2.24, 2.45) is 0 Å². The predicted octanol–water partition coefficient (Wildman–Crippen LogP) is 3.00. The fourth-order valence-corrected chi connectivity index (χ4v) is 2.75. The zero-order valence-corrected chi connectivity index (χ0v) is 17.1. The number of carbonyl (C=O) groups is 3. The number of rotatable bonds is 9. The van der Waals surface area contributed by atoms with E-state index in [9.17, 15) is 18.8 Å². The molecule has 7 nitrogen and oxygen atoms in total. The number of amides is 3. The molecule has 0 bridgehead atoms. The van der Waals surface area contributed by atoms with Crippen LogP contribution in [0.4, 0.5) is 10.1 Å². The van der Waals surface area contributed by atoms with Crippen molar-refractivity contribution in [3.63, 3.8) is 0 Å². The molecular weight excluding hydrogens is 413 g/mol. The summed E-state index contributed by atoms with van der Waals surface area (Å²) in [6, 6.07) is 20.9. The SMILES string of the molecule is O=C(COc1ccccc1F)Nc1ccc(C(=O)NCCNC(=O)c2ccccc2)cc1. The molecule has 0 saturated carbocycles. The van der Waals surface area contributed by atoms with Crippen LogP contribution < -0.4 is 20.7 Å². The smallest absolute Gasteiger partial charge is 0.262 e. The van der Waals surface area contributed by atoms with Crippen molar-refractivity contribution >= 4 is 23.4 Å². The molecule has 0 unspecified atom stereocenters. The standard InChI is InChI=1S/C24H22FN3O4/c25-20-8-4-5-9-21(20)32-16-22(29)28-19-12-10-18(11-13-19)24(31)27-15-14-26-23(30)17-6-2-1-3-7-17/h1-13H,14-16H2,(H,26,30)(H,27,31)(H,28,29). The van der Waals surface area contributed by atoms with Gasteiger partial charge in [-0.05, 0) is 48.5 Å². The lowest BCUT2D eigenvalue weighted by Gasteiger charge is -2.09. The quantitative estimate of drug-likeness (QED) is 0.450. The Bertz CT molecular complexity index is 1070.